The standard InChI is InChI=1S/C23H22F2N2O4S/c1-31-22(30)23(11-12-32-2)18-17(19(26-23)13-7-3-4-8-14(13)24)20(28)27(21(18)29)16-10-6-5-9-15(16)25/h3-10,17-19,26H,11-12H2,1-2H3/t17-,18-,19-,23-/m1/s1. The quantitative estimate of drug-likeness (QED) is 0.528. The summed E-state index contributed by atoms with van der Waals surface area (Å²) in [5, 5.41) is 3.11. The summed E-state index contributed by atoms with van der Waals surface area (Å²) < 4.78 is 34.4. The highest BCUT2D eigenvalue weighted by atomic mass is 32.2. The van der Waals surface area contributed by atoms with Crippen LogP contribution < -0.4 is 10.2 Å². The molecule has 1 N–H and O–H groups in total. The lowest BCUT2D eigenvalue weighted by atomic mass is 9.78. The molecule has 2 aliphatic rings. The van der Waals surface area contributed by atoms with Gasteiger partial charge in [-0.2, -0.15) is 11.8 Å². The van der Waals surface area contributed by atoms with Crippen molar-refractivity contribution >= 4 is 35.2 Å². The smallest absolute Gasteiger partial charge is 0.326 e. The number of rotatable bonds is 6. The minimum atomic E-state index is -1.55. The number of ether oxygens (including phenoxy) is 1. The molecule has 2 aliphatic heterocycles. The molecule has 2 aromatic rings. The highest BCUT2D eigenvalue weighted by Gasteiger charge is 2.69. The van der Waals surface area contributed by atoms with Crippen LogP contribution in [-0.4, -0.2) is 42.4 Å². The van der Waals surface area contributed by atoms with E-state index in [1.807, 2.05) is 6.26 Å². The number of nitrogens with one attached hydrogen (secondary N) is 1. The van der Waals surface area contributed by atoms with E-state index in [1.54, 1.807) is 6.07 Å². The fourth-order valence-electron chi connectivity index (χ4n) is 4.83. The van der Waals surface area contributed by atoms with Crippen LogP contribution >= 0.6 is 11.8 Å². The van der Waals surface area contributed by atoms with Gasteiger partial charge in [-0.05, 0) is 36.6 Å². The number of hydrogen-bond acceptors (Lipinski definition) is 6. The summed E-state index contributed by atoms with van der Waals surface area (Å²) in [6.07, 6.45) is 2.02. The second-order valence-electron chi connectivity index (χ2n) is 7.82. The first kappa shape index (κ1) is 22.4. The van der Waals surface area contributed by atoms with Gasteiger partial charge in [0.25, 0.3) is 0 Å². The maximum atomic E-state index is 14.8. The van der Waals surface area contributed by atoms with Crippen LogP contribution in [-0.2, 0) is 19.1 Å². The second kappa shape index (κ2) is 8.63. The van der Waals surface area contributed by atoms with Crippen molar-refractivity contribution in [2.45, 2.75) is 18.0 Å². The average Bonchev–Trinajstić information content (AvgIpc) is 3.27. The Kier molecular flexibility index (Phi) is 6.05. The zero-order valence-corrected chi connectivity index (χ0v) is 18.3. The molecule has 0 aliphatic carbocycles. The van der Waals surface area contributed by atoms with Crippen molar-refractivity contribution in [2.75, 3.05) is 24.0 Å². The maximum absolute atomic E-state index is 14.8. The number of para-hydroxylation sites is 1. The summed E-state index contributed by atoms with van der Waals surface area (Å²) in [6, 6.07) is 10.4. The van der Waals surface area contributed by atoms with Crippen LogP contribution in [0.2, 0.25) is 0 Å². The fourth-order valence-corrected chi connectivity index (χ4v) is 5.36. The normalized spacial score (nSPS) is 27.0. The van der Waals surface area contributed by atoms with E-state index < -0.39 is 52.8 Å². The SMILES string of the molecule is COC(=O)[C@]1(CCSC)N[C@H](c2ccccc2F)[C@@H]2C(=O)N(c3ccccc3F)C(=O)[C@@H]21. The van der Waals surface area contributed by atoms with E-state index in [2.05, 4.69) is 5.32 Å². The summed E-state index contributed by atoms with van der Waals surface area (Å²) >= 11 is 1.46. The van der Waals surface area contributed by atoms with Gasteiger partial charge in [0.15, 0.2) is 0 Å². The lowest BCUT2D eigenvalue weighted by Crippen LogP contribution is -2.56. The Morgan fingerprint density at radius 3 is 2.38 bits per heavy atom. The fraction of sp³-hybridized carbons (Fsp3) is 0.348. The van der Waals surface area contributed by atoms with Crippen LogP contribution in [0, 0.1) is 23.5 Å². The average molecular weight is 461 g/mol. The molecule has 9 heteroatoms. The number of hydrogen-bond donors (Lipinski definition) is 1. The van der Waals surface area contributed by atoms with Gasteiger partial charge in [-0.25, -0.2) is 13.7 Å². The molecule has 2 aromatic carbocycles. The number of amides is 2. The zero-order valence-electron chi connectivity index (χ0n) is 17.5. The van der Waals surface area contributed by atoms with Crippen molar-refractivity contribution in [1.29, 1.82) is 0 Å². The molecule has 32 heavy (non-hydrogen) atoms. The summed E-state index contributed by atoms with van der Waals surface area (Å²) in [6.45, 7) is 0. The Morgan fingerprint density at radius 1 is 1.09 bits per heavy atom. The number of fused-ring (bicyclic) bond motifs is 1. The molecule has 0 saturated carbocycles. The van der Waals surface area contributed by atoms with E-state index in [0.29, 0.717) is 5.75 Å². The monoisotopic (exact) mass is 460 g/mol. The van der Waals surface area contributed by atoms with Crippen molar-refractivity contribution in [3.8, 4) is 0 Å². The summed E-state index contributed by atoms with van der Waals surface area (Å²) in [4.78, 5) is 41.0. The Morgan fingerprint density at radius 2 is 1.75 bits per heavy atom. The number of methoxy groups -OCH3 is 1. The number of halogens is 2. The molecule has 6 nitrogen and oxygen atoms in total. The predicted octanol–water partition coefficient (Wildman–Crippen LogP) is 3.08. The Balaban J connectivity index is 1.90. The van der Waals surface area contributed by atoms with E-state index in [4.69, 9.17) is 4.74 Å². The van der Waals surface area contributed by atoms with Gasteiger partial charge in [-0.15, -0.1) is 0 Å². The first-order valence-corrected chi connectivity index (χ1v) is 11.5. The van der Waals surface area contributed by atoms with Crippen LogP contribution in [0.25, 0.3) is 0 Å². The summed E-state index contributed by atoms with van der Waals surface area (Å²) in [5.41, 5.74) is -1.58. The molecule has 2 amide bonds. The number of thioether (sulfide) groups is 1. The van der Waals surface area contributed by atoms with Gasteiger partial charge in [-0.3, -0.25) is 19.7 Å². The van der Waals surface area contributed by atoms with Crippen molar-refractivity contribution in [1.82, 2.24) is 5.32 Å². The zero-order chi connectivity index (χ0) is 23.0. The Hall–Kier alpha value is -2.78. The minimum Gasteiger partial charge on any atom is -0.468 e. The highest BCUT2D eigenvalue weighted by Crippen LogP contribution is 2.52. The Labute approximate surface area is 188 Å². The molecular formula is C23H22F2N2O4S. The number of esters is 1. The van der Waals surface area contributed by atoms with Crippen LogP contribution in [0.4, 0.5) is 14.5 Å². The van der Waals surface area contributed by atoms with E-state index in [0.717, 1.165) is 11.0 Å². The van der Waals surface area contributed by atoms with E-state index in [1.165, 1.54) is 55.3 Å². The van der Waals surface area contributed by atoms with Crippen molar-refractivity contribution in [2.24, 2.45) is 11.8 Å². The molecular weight excluding hydrogens is 438 g/mol. The first-order chi connectivity index (χ1) is 15.4. The first-order valence-electron chi connectivity index (χ1n) is 10.1. The molecule has 0 bridgehead atoms. The van der Waals surface area contributed by atoms with Gasteiger partial charge in [0.2, 0.25) is 11.8 Å². The summed E-state index contributed by atoms with van der Waals surface area (Å²) in [7, 11) is 1.20. The van der Waals surface area contributed by atoms with Crippen LogP contribution in [0.15, 0.2) is 48.5 Å². The Bertz CT molecular complexity index is 1080. The molecule has 2 fully saturated rings. The maximum Gasteiger partial charge on any atom is 0.326 e. The molecule has 4 rings (SSSR count). The summed E-state index contributed by atoms with van der Waals surface area (Å²) in [5.74, 6) is -5.19. The van der Waals surface area contributed by atoms with E-state index in [-0.39, 0.29) is 17.7 Å². The topological polar surface area (TPSA) is 75.7 Å². The largest absolute Gasteiger partial charge is 0.468 e. The molecule has 0 aromatic heterocycles. The lowest BCUT2D eigenvalue weighted by Gasteiger charge is -2.32. The molecule has 0 radical (unpaired) electrons. The third kappa shape index (κ3) is 3.31. The highest BCUT2D eigenvalue weighted by molar-refractivity contribution is 7.98. The molecule has 0 spiro atoms. The third-order valence-corrected chi connectivity index (χ3v) is 6.85. The lowest BCUT2D eigenvalue weighted by molar-refractivity contribution is -0.152. The van der Waals surface area contributed by atoms with Gasteiger partial charge in [-0.1, -0.05) is 30.3 Å². The van der Waals surface area contributed by atoms with E-state index >= 15 is 0 Å². The van der Waals surface area contributed by atoms with Gasteiger partial charge in [0.1, 0.15) is 17.2 Å². The number of benzene rings is 2. The number of carbonyl (C=O) groups is 3. The van der Waals surface area contributed by atoms with Gasteiger partial charge in [0.05, 0.1) is 24.6 Å². The van der Waals surface area contributed by atoms with Crippen LogP contribution in [0.5, 0.6) is 0 Å². The van der Waals surface area contributed by atoms with Crippen molar-refractivity contribution in [3.63, 3.8) is 0 Å². The van der Waals surface area contributed by atoms with Crippen molar-refractivity contribution < 1.29 is 27.9 Å². The molecule has 0 unspecified atom stereocenters. The molecule has 2 saturated heterocycles. The molecule has 2 heterocycles. The predicted molar refractivity (Wildman–Crippen MR) is 116 cm³/mol. The van der Waals surface area contributed by atoms with Crippen molar-refractivity contribution in [3.05, 3.63) is 65.7 Å². The van der Waals surface area contributed by atoms with Gasteiger partial charge < -0.3 is 4.74 Å². The van der Waals surface area contributed by atoms with Gasteiger partial charge >= 0.3 is 5.97 Å². The van der Waals surface area contributed by atoms with E-state index in [9.17, 15) is 23.2 Å². The van der Waals surface area contributed by atoms with Gasteiger partial charge in [0, 0.05) is 11.6 Å². The number of nitrogens with zero attached hydrogens (tertiary/aromatic N) is 1. The molecule has 4 atom stereocenters. The number of imide groups is 1. The second-order valence-corrected chi connectivity index (χ2v) is 8.80. The third-order valence-electron chi connectivity index (χ3n) is 6.24. The number of anilines is 1. The number of carbonyl (C=O) groups excluding carboxylic acids is 3. The van der Waals surface area contributed by atoms with Crippen LogP contribution in [0.3, 0.4) is 0 Å². The molecule has 168 valence electrons. The van der Waals surface area contributed by atoms with Crippen LogP contribution in [0.1, 0.15) is 18.0 Å². The minimum absolute atomic E-state index is 0.161.